The van der Waals surface area contributed by atoms with E-state index in [1.165, 1.54) is 0 Å². The molecule has 2 aromatic carbocycles. The number of hydrogen-bond donors (Lipinski definition) is 1. The molecule has 8 heteroatoms. The highest BCUT2D eigenvalue weighted by Crippen LogP contribution is 2.44. The molecule has 0 bridgehead atoms. The number of nitrogens with zero attached hydrogens (tertiary/aromatic N) is 1. The van der Waals surface area contributed by atoms with Gasteiger partial charge in [-0.25, -0.2) is 4.79 Å². The third-order valence-electron chi connectivity index (χ3n) is 5.36. The van der Waals surface area contributed by atoms with Crippen molar-refractivity contribution < 1.29 is 23.8 Å². The number of benzene rings is 2. The van der Waals surface area contributed by atoms with Crippen LogP contribution in [0.15, 0.2) is 36.4 Å². The molecule has 2 aromatic rings. The van der Waals surface area contributed by atoms with Crippen molar-refractivity contribution in [1.82, 2.24) is 5.32 Å². The number of nitrogens with one attached hydrogen (secondary N) is 1. The number of anilines is 1. The number of carbonyl (C=O) groups excluding carboxylic acids is 2. The molecular formula is C23H27ClN2O5. The zero-order valence-corrected chi connectivity index (χ0v) is 18.9. The van der Waals surface area contributed by atoms with Gasteiger partial charge >= 0.3 is 6.09 Å². The van der Waals surface area contributed by atoms with Crippen LogP contribution >= 0.6 is 11.6 Å². The Morgan fingerprint density at radius 1 is 1.16 bits per heavy atom. The van der Waals surface area contributed by atoms with Crippen molar-refractivity contribution in [3.63, 3.8) is 0 Å². The van der Waals surface area contributed by atoms with Crippen LogP contribution in [-0.4, -0.2) is 45.4 Å². The second-order valence-corrected chi connectivity index (χ2v) is 7.77. The minimum atomic E-state index is -0.412. The number of carbonyl (C=O) groups is 2. The van der Waals surface area contributed by atoms with Crippen LogP contribution in [0, 0.1) is 0 Å². The van der Waals surface area contributed by atoms with E-state index in [1.807, 2.05) is 13.0 Å². The molecule has 0 aliphatic carbocycles. The van der Waals surface area contributed by atoms with Crippen LogP contribution in [0.25, 0.3) is 0 Å². The molecule has 1 heterocycles. The van der Waals surface area contributed by atoms with Crippen molar-refractivity contribution in [2.75, 3.05) is 32.3 Å². The van der Waals surface area contributed by atoms with Gasteiger partial charge < -0.3 is 19.5 Å². The summed E-state index contributed by atoms with van der Waals surface area (Å²) in [5.41, 5.74) is 2.07. The highest BCUT2D eigenvalue weighted by Gasteiger charge is 2.36. The van der Waals surface area contributed by atoms with Gasteiger partial charge in [-0.3, -0.25) is 9.69 Å². The highest BCUT2D eigenvalue weighted by molar-refractivity contribution is 6.30. The minimum absolute atomic E-state index is 0.0291. The maximum atomic E-state index is 12.7. The number of ether oxygens (including phenoxy) is 3. The molecule has 0 aromatic heterocycles. The topological polar surface area (TPSA) is 77.1 Å². The summed E-state index contributed by atoms with van der Waals surface area (Å²) in [5, 5.41) is 3.49. The number of methoxy groups -OCH3 is 2. The van der Waals surface area contributed by atoms with E-state index in [9.17, 15) is 9.59 Å². The van der Waals surface area contributed by atoms with Gasteiger partial charge in [-0.2, -0.15) is 0 Å². The van der Waals surface area contributed by atoms with E-state index < -0.39 is 6.09 Å². The summed E-state index contributed by atoms with van der Waals surface area (Å²) >= 11 is 6.00. The van der Waals surface area contributed by atoms with Crippen LogP contribution in [0.2, 0.25) is 5.02 Å². The van der Waals surface area contributed by atoms with Crippen LogP contribution in [-0.2, 0) is 4.74 Å². The Morgan fingerprint density at radius 2 is 1.87 bits per heavy atom. The predicted octanol–water partition coefficient (Wildman–Crippen LogP) is 4.63. The molecule has 3 rings (SSSR count). The largest absolute Gasteiger partial charge is 0.493 e. The van der Waals surface area contributed by atoms with Crippen LogP contribution < -0.4 is 19.7 Å². The molecule has 0 saturated carbocycles. The molecule has 0 radical (unpaired) electrons. The van der Waals surface area contributed by atoms with E-state index in [0.717, 1.165) is 5.56 Å². The maximum absolute atomic E-state index is 12.7. The lowest BCUT2D eigenvalue weighted by Crippen LogP contribution is -2.45. The molecule has 2 amide bonds. The summed E-state index contributed by atoms with van der Waals surface area (Å²) in [6.07, 6.45) is 0.238. The average Bonchev–Trinajstić information content (AvgIpc) is 2.76. The Bertz CT molecular complexity index is 965. The first-order valence-electron chi connectivity index (χ1n) is 10.1. The first-order chi connectivity index (χ1) is 14.9. The second kappa shape index (κ2) is 9.92. The van der Waals surface area contributed by atoms with Gasteiger partial charge in [0.1, 0.15) is 0 Å². The molecule has 1 aliphatic rings. The highest BCUT2D eigenvalue weighted by atomic mass is 35.5. The second-order valence-electron chi connectivity index (χ2n) is 7.34. The number of hydrogen-bond acceptors (Lipinski definition) is 5. The lowest BCUT2D eigenvalue weighted by molar-refractivity contribution is 0.0949. The average molecular weight is 447 g/mol. The first kappa shape index (κ1) is 22.7. The molecule has 166 valence electrons. The number of amides is 2. The minimum Gasteiger partial charge on any atom is -0.493 e. The van der Waals surface area contributed by atoms with Crippen molar-refractivity contribution in [3.05, 3.63) is 52.5 Å². The monoisotopic (exact) mass is 446 g/mol. The molecule has 1 N–H and O–H groups in total. The van der Waals surface area contributed by atoms with Crippen molar-refractivity contribution in [2.45, 2.75) is 32.2 Å². The summed E-state index contributed by atoms with van der Waals surface area (Å²) in [4.78, 5) is 26.9. The van der Waals surface area contributed by atoms with Gasteiger partial charge in [-0.05, 0) is 50.1 Å². The van der Waals surface area contributed by atoms with Gasteiger partial charge in [0.25, 0.3) is 5.91 Å². The maximum Gasteiger partial charge on any atom is 0.414 e. The lowest BCUT2D eigenvalue weighted by atomic mass is 9.85. The fraction of sp³-hybridized carbons (Fsp3) is 0.391. The van der Waals surface area contributed by atoms with Crippen LogP contribution in [0.5, 0.6) is 11.5 Å². The van der Waals surface area contributed by atoms with E-state index in [-0.39, 0.29) is 24.5 Å². The predicted molar refractivity (Wildman–Crippen MR) is 120 cm³/mol. The van der Waals surface area contributed by atoms with Gasteiger partial charge in [0.15, 0.2) is 11.5 Å². The molecule has 2 atom stereocenters. The van der Waals surface area contributed by atoms with E-state index >= 15 is 0 Å². The van der Waals surface area contributed by atoms with Gasteiger partial charge in [0, 0.05) is 35.2 Å². The van der Waals surface area contributed by atoms with Crippen molar-refractivity contribution in [2.24, 2.45) is 0 Å². The summed E-state index contributed by atoms with van der Waals surface area (Å²) in [5.74, 6) is 0.848. The summed E-state index contributed by atoms with van der Waals surface area (Å²) < 4.78 is 16.2. The molecular weight excluding hydrogens is 420 g/mol. The summed E-state index contributed by atoms with van der Waals surface area (Å²) in [7, 11) is 3.11. The van der Waals surface area contributed by atoms with E-state index in [1.54, 1.807) is 56.4 Å². The lowest BCUT2D eigenvalue weighted by Gasteiger charge is -2.39. The summed E-state index contributed by atoms with van der Waals surface area (Å²) in [6.45, 7) is 4.41. The normalized spacial score (nSPS) is 17.5. The fourth-order valence-corrected chi connectivity index (χ4v) is 4.10. The molecule has 7 nitrogen and oxygen atoms in total. The van der Waals surface area contributed by atoms with Crippen molar-refractivity contribution in [1.29, 1.82) is 0 Å². The SMILES string of the molecule is CCOC(=O)N1c2cc(OC)c(OC)cc2C(CNC(=O)c2cccc(Cl)c2)CC1C. The van der Waals surface area contributed by atoms with Crippen LogP contribution in [0.3, 0.4) is 0 Å². The Kier molecular flexibility index (Phi) is 7.28. The molecule has 2 unspecified atom stereocenters. The summed E-state index contributed by atoms with van der Waals surface area (Å²) in [6, 6.07) is 10.3. The third kappa shape index (κ3) is 4.88. The van der Waals surface area contributed by atoms with E-state index in [2.05, 4.69) is 5.32 Å². The van der Waals surface area contributed by atoms with Gasteiger partial charge in [-0.15, -0.1) is 0 Å². The molecule has 1 aliphatic heterocycles. The molecule has 0 saturated heterocycles. The van der Waals surface area contributed by atoms with Crippen molar-refractivity contribution >= 4 is 29.3 Å². The molecule has 0 spiro atoms. The van der Waals surface area contributed by atoms with Crippen molar-refractivity contribution in [3.8, 4) is 11.5 Å². The molecule has 0 fully saturated rings. The zero-order valence-electron chi connectivity index (χ0n) is 18.1. The van der Waals surface area contributed by atoms with Gasteiger partial charge in [0.05, 0.1) is 26.5 Å². The smallest absolute Gasteiger partial charge is 0.414 e. The van der Waals surface area contributed by atoms with Gasteiger partial charge in [0.2, 0.25) is 0 Å². The number of rotatable bonds is 6. The number of halogens is 1. The first-order valence-corrected chi connectivity index (χ1v) is 10.5. The Balaban J connectivity index is 1.92. The number of fused-ring (bicyclic) bond motifs is 1. The fourth-order valence-electron chi connectivity index (χ4n) is 3.91. The third-order valence-corrected chi connectivity index (χ3v) is 5.59. The van der Waals surface area contributed by atoms with E-state index in [4.69, 9.17) is 25.8 Å². The Morgan fingerprint density at radius 3 is 2.52 bits per heavy atom. The van der Waals surface area contributed by atoms with Gasteiger partial charge in [-0.1, -0.05) is 17.7 Å². The quantitative estimate of drug-likeness (QED) is 0.700. The zero-order chi connectivity index (χ0) is 22.5. The van der Waals surface area contributed by atoms with Crippen LogP contribution in [0.1, 0.15) is 42.1 Å². The Labute approximate surface area is 187 Å². The molecule has 31 heavy (non-hydrogen) atoms. The standard InChI is InChI=1S/C23H27ClN2O5/c1-5-31-23(28)26-14(2)9-16(13-25-22(27)15-7-6-8-17(24)10-15)18-11-20(29-3)21(30-4)12-19(18)26/h6-8,10-12,14,16H,5,9,13H2,1-4H3,(H,25,27). The van der Waals surface area contributed by atoms with E-state index in [0.29, 0.717) is 40.7 Å². The Hall–Kier alpha value is -2.93. The van der Waals surface area contributed by atoms with Crippen LogP contribution in [0.4, 0.5) is 10.5 Å².